The Morgan fingerprint density at radius 3 is 2.54 bits per heavy atom. The topological polar surface area (TPSA) is 114 Å². The molecular weight excluding hydrogens is 340 g/mol. The van der Waals surface area contributed by atoms with Gasteiger partial charge in [-0.15, -0.1) is 0 Å². The number of hydrogen-bond donors (Lipinski definition) is 0. The first-order chi connectivity index (χ1) is 12.3. The maximum absolute atomic E-state index is 12.6. The van der Waals surface area contributed by atoms with Gasteiger partial charge in [0.25, 0.3) is 5.56 Å². The van der Waals surface area contributed by atoms with Crippen LogP contribution in [0.3, 0.4) is 0 Å². The molecule has 0 bridgehead atoms. The van der Waals surface area contributed by atoms with Gasteiger partial charge in [-0.25, -0.2) is 9.59 Å². The number of rotatable bonds is 5. The first-order valence-electron chi connectivity index (χ1n) is 8.48. The van der Waals surface area contributed by atoms with Crippen molar-refractivity contribution in [2.45, 2.75) is 38.6 Å². The molecule has 0 radical (unpaired) electrons. The Bertz CT molecular complexity index is 877. The quantitative estimate of drug-likeness (QED) is 0.539. The van der Waals surface area contributed by atoms with Crippen LogP contribution in [0.15, 0.2) is 9.59 Å². The molecule has 0 aliphatic carbocycles. The number of nitrogens with zero attached hydrogens (tertiary/aromatic N) is 4. The van der Waals surface area contributed by atoms with Gasteiger partial charge >= 0.3 is 11.7 Å². The molecule has 0 aromatic carbocycles. The monoisotopic (exact) mass is 362 g/mol. The van der Waals surface area contributed by atoms with E-state index >= 15 is 0 Å². The highest BCUT2D eigenvalue weighted by Crippen LogP contribution is 2.27. The second-order valence-electron chi connectivity index (χ2n) is 6.12. The van der Waals surface area contributed by atoms with Gasteiger partial charge in [-0.3, -0.25) is 18.7 Å². The van der Waals surface area contributed by atoms with Crippen LogP contribution >= 0.6 is 0 Å². The Labute approximate surface area is 150 Å². The number of ether oxygens (including phenoxy) is 1. The van der Waals surface area contributed by atoms with Crippen LogP contribution in [0, 0.1) is 11.3 Å². The summed E-state index contributed by atoms with van der Waals surface area (Å²) in [5, 5.41) is 8.86. The van der Waals surface area contributed by atoms with E-state index in [2.05, 4.69) is 0 Å². The van der Waals surface area contributed by atoms with Crippen LogP contribution in [-0.2, 0) is 23.6 Å². The molecule has 0 saturated carbocycles. The highest BCUT2D eigenvalue weighted by atomic mass is 16.5. The Balaban J connectivity index is 2.71. The largest absolute Gasteiger partial charge is 0.464 e. The summed E-state index contributed by atoms with van der Waals surface area (Å²) in [4.78, 5) is 51.4. The summed E-state index contributed by atoms with van der Waals surface area (Å²) in [6.45, 7) is 2.30. The first kappa shape index (κ1) is 19.4. The molecule has 0 N–H and O–H groups in total. The van der Waals surface area contributed by atoms with Crippen LogP contribution in [0.25, 0.3) is 0 Å². The number of hydrogen-bond acceptors (Lipinski definition) is 7. The lowest BCUT2D eigenvalue weighted by Crippen LogP contribution is -2.51. The van der Waals surface area contributed by atoms with Crippen LogP contribution in [0.4, 0.5) is 5.82 Å². The normalized spacial score (nSPS) is 16.8. The summed E-state index contributed by atoms with van der Waals surface area (Å²) in [5.41, 5.74) is -1.62. The molecule has 0 unspecified atom stereocenters. The molecule has 2 rings (SSSR count). The van der Waals surface area contributed by atoms with E-state index < -0.39 is 35.5 Å². The summed E-state index contributed by atoms with van der Waals surface area (Å²) in [7, 11) is 2.72. The predicted molar refractivity (Wildman–Crippen MR) is 93.1 cm³/mol. The second kappa shape index (κ2) is 7.99. The highest BCUT2D eigenvalue weighted by Gasteiger charge is 2.35. The Hall–Kier alpha value is -2.89. The fourth-order valence-electron chi connectivity index (χ4n) is 3.24. The van der Waals surface area contributed by atoms with E-state index in [1.54, 1.807) is 17.9 Å². The maximum Gasteiger partial charge on any atom is 0.332 e. The molecule has 1 fully saturated rings. The van der Waals surface area contributed by atoms with E-state index in [0.717, 1.165) is 17.4 Å². The van der Waals surface area contributed by atoms with E-state index in [0.29, 0.717) is 13.0 Å². The zero-order valence-electron chi connectivity index (χ0n) is 15.2. The molecule has 1 aromatic rings. The van der Waals surface area contributed by atoms with Crippen molar-refractivity contribution in [1.29, 1.82) is 5.26 Å². The lowest BCUT2D eigenvalue weighted by atomic mass is 10.0. The van der Waals surface area contributed by atoms with Crippen LogP contribution in [-0.4, -0.2) is 40.1 Å². The lowest BCUT2D eigenvalue weighted by molar-refractivity contribution is -0.145. The summed E-state index contributed by atoms with van der Waals surface area (Å²) in [6, 6.07) is 1.05. The number of esters is 1. The molecule has 140 valence electrons. The number of nitriles is 1. The number of anilines is 1. The van der Waals surface area contributed by atoms with Crippen LogP contribution in [0.2, 0.25) is 0 Å². The number of Topliss-reactive ketones (excluding diaryl/α,β-unsaturated/α-hetero) is 1. The van der Waals surface area contributed by atoms with Crippen LogP contribution in [0.5, 0.6) is 0 Å². The average molecular weight is 362 g/mol. The molecule has 1 saturated heterocycles. The highest BCUT2D eigenvalue weighted by molar-refractivity contribution is 6.02. The summed E-state index contributed by atoms with van der Waals surface area (Å²) >= 11 is 0. The molecule has 0 spiro atoms. The van der Waals surface area contributed by atoms with Crippen LogP contribution < -0.4 is 16.1 Å². The number of carbonyl (C=O) groups is 2. The molecule has 1 atom stereocenters. The molecule has 9 heteroatoms. The molecule has 1 aromatic heterocycles. The van der Waals surface area contributed by atoms with E-state index in [-0.39, 0.29) is 18.0 Å². The summed E-state index contributed by atoms with van der Waals surface area (Å²) in [5.74, 6) is -1.05. The van der Waals surface area contributed by atoms with Gasteiger partial charge in [0.1, 0.15) is 17.4 Å². The van der Waals surface area contributed by atoms with Crippen molar-refractivity contribution in [3.8, 4) is 6.07 Å². The van der Waals surface area contributed by atoms with Crippen molar-refractivity contribution < 1.29 is 14.3 Å². The fraction of sp³-hybridized carbons (Fsp3) is 0.588. The zero-order chi connectivity index (χ0) is 19.4. The van der Waals surface area contributed by atoms with Crippen molar-refractivity contribution >= 4 is 17.6 Å². The lowest BCUT2D eigenvalue weighted by Gasteiger charge is -2.37. The van der Waals surface area contributed by atoms with Gasteiger partial charge in [-0.1, -0.05) is 0 Å². The molecule has 26 heavy (non-hydrogen) atoms. The van der Waals surface area contributed by atoms with Gasteiger partial charge in [-0.2, -0.15) is 5.26 Å². The van der Waals surface area contributed by atoms with Gasteiger partial charge in [0.2, 0.25) is 0 Å². The van der Waals surface area contributed by atoms with Crippen molar-refractivity contribution in [2.75, 3.05) is 18.1 Å². The SMILES string of the molecule is CCOC(=O)[C@@H]1CCCCN1c1c(C(=O)CC#N)c(=O)n(C)c(=O)n1C. The van der Waals surface area contributed by atoms with Crippen LogP contribution in [0.1, 0.15) is 43.0 Å². The van der Waals surface area contributed by atoms with Crippen molar-refractivity contribution in [1.82, 2.24) is 9.13 Å². The average Bonchev–Trinajstić information content (AvgIpc) is 2.63. The Kier molecular flexibility index (Phi) is 5.97. The molecule has 0 amide bonds. The Morgan fingerprint density at radius 2 is 1.92 bits per heavy atom. The molecular formula is C17H22N4O5. The predicted octanol–water partition coefficient (Wildman–Crippen LogP) is 0.102. The smallest absolute Gasteiger partial charge is 0.332 e. The van der Waals surface area contributed by atoms with Crippen molar-refractivity contribution in [2.24, 2.45) is 14.1 Å². The molecule has 1 aliphatic rings. The van der Waals surface area contributed by atoms with Gasteiger partial charge in [0, 0.05) is 20.6 Å². The Morgan fingerprint density at radius 1 is 1.23 bits per heavy atom. The van der Waals surface area contributed by atoms with Crippen molar-refractivity contribution in [3.63, 3.8) is 0 Å². The minimum absolute atomic E-state index is 0.0797. The number of piperidine rings is 1. The standard InChI is InChI=1S/C17H22N4O5/c1-4-26-16(24)11-7-5-6-10-21(11)14-13(12(22)8-9-18)15(23)20(3)17(25)19(14)2/h11H,4-8,10H2,1-3H3/t11-/m0/s1. The van der Waals surface area contributed by atoms with Gasteiger partial charge in [0.05, 0.1) is 19.1 Å². The first-order valence-corrected chi connectivity index (χ1v) is 8.48. The molecule has 1 aliphatic heterocycles. The van der Waals surface area contributed by atoms with E-state index in [1.165, 1.54) is 18.7 Å². The fourth-order valence-corrected chi connectivity index (χ4v) is 3.24. The second-order valence-corrected chi connectivity index (χ2v) is 6.12. The van der Waals surface area contributed by atoms with Crippen molar-refractivity contribution in [3.05, 3.63) is 26.4 Å². The van der Waals surface area contributed by atoms with Gasteiger partial charge < -0.3 is 9.64 Å². The molecule has 9 nitrogen and oxygen atoms in total. The number of carbonyl (C=O) groups excluding carboxylic acids is 2. The third-order valence-corrected chi connectivity index (χ3v) is 4.49. The zero-order valence-corrected chi connectivity index (χ0v) is 15.2. The number of aromatic nitrogens is 2. The summed E-state index contributed by atoms with van der Waals surface area (Å²) < 4.78 is 7.13. The van der Waals surface area contributed by atoms with Gasteiger partial charge in [-0.05, 0) is 26.2 Å². The third kappa shape index (κ3) is 3.40. The maximum atomic E-state index is 12.6. The number of ketones is 1. The van der Waals surface area contributed by atoms with E-state index in [1.807, 2.05) is 0 Å². The minimum atomic E-state index is -0.767. The molecule has 2 heterocycles. The van der Waals surface area contributed by atoms with E-state index in [4.69, 9.17) is 10.00 Å². The van der Waals surface area contributed by atoms with Gasteiger partial charge in [0.15, 0.2) is 5.78 Å². The summed E-state index contributed by atoms with van der Waals surface area (Å²) in [6.07, 6.45) is 1.54. The minimum Gasteiger partial charge on any atom is -0.464 e. The third-order valence-electron chi connectivity index (χ3n) is 4.49. The van der Waals surface area contributed by atoms with E-state index in [9.17, 15) is 19.2 Å².